The van der Waals surface area contributed by atoms with E-state index in [4.69, 9.17) is 8.83 Å². The maximum atomic E-state index is 12.4. The van der Waals surface area contributed by atoms with Crippen molar-refractivity contribution in [1.29, 1.82) is 5.26 Å². The fourth-order valence-corrected chi connectivity index (χ4v) is 3.70. The van der Waals surface area contributed by atoms with Gasteiger partial charge in [-0.05, 0) is 19.4 Å². The van der Waals surface area contributed by atoms with Crippen LogP contribution in [0.1, 0.15) is 30.0 Å². The van der Waals surface area contributed by atoms with Crippen molar-refractivity contribution in [3.63, 3.8) is 0 Å². The highest BCUT2D eigenvalue weighted by Crippen LogP contribution is 2.32. The number of aromatic nitrogens is 1. The lowest BCUT2D eigenvalue weighted by Gasteiger charge is -2.12. The average Bonchev–Trinajstić information content (AvgIpc) is 3.25. The normalized spacial score (nSPS) is 12.7. The zero-order chi connectivity index (χ0) is 20.5. The molecule has 0 bridgehead atoms. The SMILES string of the molecule is Cc1oc(-c2nc(C#N)c(N[C@@H](C)c3ccccc3)o2)cc1S(=O)(=O)N(C)C. The summed E-state index contributed by atoms with van der Waals surface area (Å²) in [5.74, 6) is 0.574. The number of furan rings is 1. The van der Waals surface area contributed by atoms with Crippen molar-refractivity contribution in [2.24, 2.45) is 0 Å². The minimum absolute atomic E-state index is 0.0244. The van der Waals surface area contributed by atoms with Crippen LogP contribution in [-0.4, -0.2) is 31.8 Å². The predicted octanol–water partition coefficient (Wildman–Crippen LogP) is 3.54. The van der Waals surface area contributed by atoms with Gasteiger partial charge in [0, 0.05) is 20.2 Å². The van der Waals surface area contributed by atoms with Crippen LogP contribution in [0.2, 0.25) is 0 Å². The van der Waals surface area contributed by atoms with Gasteiger partial charge in [-0.1, -0.05) is 30.3 Å². The molecular weight excluding hydrogens is 380 g/mol. The Morgan fingerprint density at radius 1 is 1.21 bits per heavy atom. The molecule has 0 spiro atoms. The topological polar surface area (TPSA) is 112 Å². The molecule has 2 aromatic heterocycles. The van der Waals surface area contributed by atoms with Crippen molar-refractivity contribution in [1.82, 2.24) is 9.29 Å². The molecule has 0 fully saturated rings. The molecule has 2 heterocycles. The molecule has 8 nitrogen and oxygen atoms in total. The molecule has 1 aromatic carbocycles. The highest BCUT2D eigenvalue weighted by atomic mass is 32.2. The molecule has 146 valence electrons. The molecule has 0 saturated carbocycles. The summed E-state index contributed by atoms with van der Waals surface area (Å²) in [5.41, 5.74) is 1.07. The average molecular weight is 400 g/mol. The van der Waals surface area contributed by atoms with Crippen LogP contribution in [0.4, 0.5) is 5.88 Å². The number of anilines is 1. The number of hydrogen-bond donors (Lipinski definition) is 1. The third kappa shape index (κ3) is 3.65. The smallest absolute Gasteiger partial charge is 0.266 e. The van der Waals surface area contributed by atoms with E-state index in [0.717, 1.165) is 9.87 Å². The van der Waals surface area contributed by atoms with Crippen LogP contribution in [0.15, 0.2) is 50.1 Å². The lowest BCUT2D eigenvalue weighted by atomic mass is 10.1. The summed E-state index contributed by atoms with van der Waals surface area (Å²) < 4.78 is 37.1. The summed E-state index contributed by atoms with van der Waals surface area (Å²) >= 11 is 0. The van der Waals surface area contributed by atoms with Crippen LogP contribution in [0.25, 0.3) is 11.7 Å². The van der Waals surface area contributed by atoms with E-state index in [1.807, 2.05) is 43.3 Å². The van der Waals surface area contributed by atoms with Gasteiger partial charge in [-0.15, -0.1) is 0 Å². The first-order valence-electron chi connectivity index (χ1n) is 8.49. The van der Waals surface area contributed by atoms with E-state index in [1.54, 1.807) is 6.92 Å². The molecule has 0 amide bonds. The van der Waals surface area contributed by atoms with Gasteiger partial charge < -0.3 is 14.2 Å². The van der Waals surface area contributed by atoms with Crippen molar-refractivity contribution < 1.29 is 17.3 Å². The van der Waals surface area contributed by atoms with Crippen molar-refractivity contribution >= 4 is 15.9 Å². The first-order valence-corrected chi connectivity index (χ1v) is 9.93. The van der Waals surface area contributed by atoms with E-state index < -0.39 is 10.0 Å². The maximum absolute atomic E-state index is 12.4. The third-order valence-electron chi connectivity index (χ3n) is 4.22. The summed E-state index contributed by atoms with van der Waals surface area (Å²) in [7, 11) is -0.793. The van der Waals surface area contributed by atoms with Gasteiger partial charge in [-0.3, -0.25) is 0 Å². The standard InChI is InChI=1S/C19H20N4O4S/c1-12(14-8-6-5-7-9-14)21-18-15(11-20)22-19(27-18)16-10-17(13(2)26-16)28(24,25)23(3)4/h5-10,12,21H,1-4H3/t12-/m0/s1. The largest absolute Gasteiger partial charge is 0.455 e. The lowest BCUT2D eigenvalue weighted by molar-refractivity contribution is 0.491. The molecule has 1 N–H and O–H groups in total. The number of rotatable bonds is 6. The Bertz CT molecular complexity index is 1120. The third-order valence-corrected chi connectivity index (χ3v) is 6.14. The molecule has 3 rings (SSSR count). The van der Waals surface area contributed by atoms with Crippen molar-refractivity contribution in [2.45, 2.75) is 24.8 Å². The van der Waals surface area contributed by atoms with Crippen LogP contribution < -0.4 is 5.32 Å². The van der Waals surface area contributed by atoms with E-state index >= 15 is 0 Å². The van der Waals surface area contributed by atoms with E-state index in [-0.39, 0.29) is 39.9 Å². The first-order chi connectivity index (χ1) is 13.2. The zero-order valence-electron chi connectivity index (χ0n) is 15.9. The Labute approximate surface area is 163 Å². The second-order valence-corrected chi connectivity index (χ2v) is 8.52. The monoisotopic (exact) mass is 400 g/mol. The molecule has 0 radical (unpaired) electrons. The van der Waals surface area contributed by atoms with Crippen molar-refractivity contribution in [3.8, 4) is 17.7 Å². The first kappa shape index (κ1) is 19.7. The van der Waals surface area contributed by atoms with Crippen molar-refractivity contribution in [3.05, 3.63) is 53.4 Å². The Morgan fingerprint density at radius 2 is 1.89 bits per heavy atom. The van der Waals surface area contributed by atoms with Crippen LogP contribution in [0.5, 0.6) is 0 Å². The molecule has 28 heavy (non-hydrogen) atoms. The molecule has 1 atom stereocenters. The van der Waals surface area contributed by atoms with Gasteiger partial charge in [0.05, 0.1) is 6.04 Å². The number of sulfonamides is 1. The molecule has 0 unspecified atom stereocenters. The quantitative estimate of drug-likeness (QED) is 0.673. The Morgan fingerprint density at radius 3 is 2.50 bits per heavy atom. The number of hydrogen-bond acceptors (Lipinski definition) is 7. The second-order valence-electron chi connectivity index (χ2n) is 6.40. The van der Waals surface area contributed by atoms with Crippen LogP contribution >= 0.6 is 0 Å². The number of oxazole rings is 1. The number of nitriles is 1. The molecular formula is C19H20N4O4S. The summed E-state index contributed by atoms with van der Waals surface area (Å²) in [6.45, 7) is 3.47. The highest BCUT2D eigenvalue weighted by Gasteiger charge is 2.27. The van der Waals surface area contributed by atoms with Gasteiger partial charge in [0.2, 0.25) is 21.6 Å². The van der Waals surface area contributed by atoms with Gasteiger partial charge in [-0.25, -0.2) is 12.7 Å². The summed E-state index contributed by atoms with van der Waals surface area (Å²) in [6, 6.07) is 12.9. The maximum Gasteiger partial charge on any atom is 0.266 e. The van der Waals surface area contributed by atoms with Crippen LogP contribution in [0, 0.1) is 18.3 Å². The van der Waals surface area contributed by atoms with Crippen LogP contribution in [-0.2, 0) is 10.0 Å². The van der Waals surface area contributed by atoms with E-state index in [9.17, 15) is 13.7 Å². The number of benzene rings is 1. The van der Waals surface area contributed by atoms with E-state index in [2.05, 4.69) is 10.3 Å². The molecule has 0 aliphatic carbocycles. The molecule has 0 aliphatic rings. The second kappa shape index (κ2) is 7.50. The number of nitrogens with one attached hydrogen (secondary N) is 1. The fraction of sp³-hybridized carbons (Fsp3) is 0.263. The molecule has 3 aromatic rings. The van der Waals surface area contributed by atoms with E-state index in [1.165, 1.54) is 20.2 Å². The molecule has 0 saturated heterocycles. The summed E-state index contributed by atoms with van der Waals surface area (Å²) in [4.78, 5) is 4.16. The van der Waals surface area contributed by atoms with Gasteiger partial charge >= 0.3 is 0 Å². The molecule has 0 aliphatic heterocycles. The Balaban J connectivity index is 1.95. The van der Waals surface area contributed by atoms with Gasteiger partial charge in [0.15, 0.2) is 5.76 Å². The zero-order valence-corrected chi connectivity index (χ0v) is 16.7. The number of nitrogens with zero attached hydrogens (tertiary/aromatic N) is 3. The Kier molecular flexibility index (Phi) is 5.27. The number of aryl methyl sites for hydroxylation is 1. The van der Waals surface area contributed by atoms with Gasteiger partial charge in [0.1, 0.15) is 16.7 Å². The predicted molar refractivity (Wildman–Crippen MR) is 103 cm³/mol. The van der Waals surface area contributed by atoms with Gasteiger partial charge in [0.25, 0.3) is 5.89 Å². The summed E-state index contributed by atoms with van der Waals surface area (Å²) in [5, 5.41) is 12.5. The minimum Gasteiger partial charge on any atom is -0.455 e. The molecule has 9 heteroatoms. The fourth-order valence-electron chi connectivity index (χ4n) is 2.64. The van der Waals surface area contributed by atoms with Crippen LogP contribution in [0.3, 0.4) is 0 Å². The Hall–Kier alpha value is -3.09. The van der Waals surface area contributed by atoms with Crippen molar-refractivity contribution in [2.75, 3.05) is 19.4 Å². The minimum atomic E-state index is -3.67. The van der Waals surface area contributed by atoms with Gasteiger partial charge in [-0.2, -0.15) is 10.2 Å². The highest BCUT2D eigenvalue weighted by molar-refractivity contribution is 7.89. The lowest BCUT2D eigenvalue weighted by Crippen LogP contribution is -2.22. The summed E-state index contributed by atoms with van der Waals surface area (Å²) in [6.07, 6.45) is 0. The van der Waals surface area contributed by atoms with E-state index in [0.29, 0.717) is 0 Å².